The number of ether oxygens (including phenoxy) is 1. The van der Waals surface area contributed by atoms with Crippen molar-refractivity contribution in [3.05, 3.63) is 0 Å². The Hall–Kier alpha value is -0.180. The fourth-order valence-corrected chi connectivity index (χ4v) is 0.876. The Bertz CT molecular complexity index is 160. The number of hydrogen-bond acceptors (Lipinski definition) is 1. The first-order valence-corrected chi connectivity index (χ1v) is 4.31. The summed E-state index contributed by atoms with van der Waals surface area (Å²) in [6, 6.07) is 0. The minimum Gasteiger partial charge on any atom is -0.372 e. The van der Waals surface area contributed by atoms with Crippen LogP contribution in [0.5, 0.6) is 0 Å². The second kappa shape index (κ2) is 2.95. The van der Waals surface area contributed by atoms with Gasteiger partial charge in [-0.25, -0.2) is 8.78 Å². The molecule has 1 unspecified atom stereocenters. The first-order valence-electron chi connectivity index (χ1n) is 4.31. The third kappa shape index (κ3) is 3.05. The standard InChI is InChI=1S/C9H16F2O/c1-8(2,3)4-5-12-7-6-9(7,10)11/h7H,4-6H2,1-3H3. The molecule has 0 saturated heterocycles. The van der Waals surface area contributed by atoms with Gasteiger partial charge in [0, 0.05) is 13.0 Å². The quantitative estimate of drug-likeness (QED) is 0.645. The van der Waals surface area contributed by atoms with E-state index in [0.717, 1.165) is 6.42 Å². The number of alkyl halides is 2. The molecule has 1 rings (SSSR count). The monoisotopic (exact) mass is 178 g/mol. The molecule has 12 heavy (non-hydrogen) atoms. The maximum absolute atomic E-state index is 12.3. The summed E-state index contributed by atoms with van der Waals surface area (Å²) < 4.78 is 29.6. The van der Waals surface area contributed by atoms with Crippen molar-refractivity contribution in [1.29, 1.82) is 0 Å². The van der Waals surface area contributed by atoms with Crippen molar-refractivity contribution in [2.75, 3.05) is 6.61 Å². The van der Waals surface area contributed by atoms with E-state index in [2.05, 4.69) is 20.8 Å². The Labute approximate surface area is 72.1 Å². The van der Waals surface area contributed by atoms with Crippen LogP contribution in [0.4, 0.5) is 8.78 Å². The number of rotatable bonds is 3. The van der Waals surface area contributed by atoms with Gasteiger partial charge in [0.15, 0.2) is 0 Å². The van der Waals surface area contributed by atoms with Gasteiger partial charge < -0.3 is 4.74 Å². The molecular formula is C9H16F2O. The molecule has 0 amide bonds. The van der Waals surface area contributed by atoms with Crippen molar-refractivity contribution in [3.8, 4) is 0 Å². The molecule has 3 heteroatoms. The van der Waals surface area contributed by atoms with Crippen LogP contribution in [0.25, 0.3) is 0 Å². The van der Waals surface area contributed by atoms with Gasteiger partial charge in [0.1, 0.15) is 6.10 Å². The highest BCUT2D eigenvalue weighted by molar-refractivity contribution is 4.96. The summed E-state index contributed by atoms with van der Waals surface area (Å²) in [5.74, 6) is -2.53. The molecule has 1 aliphatic carbocycles. The lowest BCUT2D eigenvalue weighted by Gasteiger charge is -2.17. The van der Waals surface area contributed by atoms with E-state index >= 15 is 0 Å². The van der Waals surface area contributed by atoms with Crippen molar-refractivity contribution in [3.63, 3.8) is 0 Å². The van der Waals surface area contributed by atoms with Gasteiger partial charge in [0.05, 0.1) is 0 Å². The van der Waals surface area contributed by atoms with Crippen LogP contribution >= 0.6 is 0 Å². The van der Waals surface area contributed by atoms with Crippen LogP contribution in [-0.4, -0.2) is 18.6 Å². The van der Waals surface area contributed by atoms with E-state index in [1.165, 1.54) is 0 Å². The summed E-state index contributed by atoms with van der Waals surface area (Å²) in [4.78, 5) is 0. The van der Waals surface area contributed by atoms with E-state index in [4.69, 9.17) is 4.74 Å². The lowest BCUT2D eigenvalue weighted by Crippen LogP contribution is -2.12. The van der Waals surface area contributed by atoms with Crippen molar-refractivity contribution < 1.29 is 13.5 Å². The SMILES string of the molecule is CC(C)(C)CCOC1CC1(F)F. The molecule has 0 aromatic heterocycles. The predicted molar refractivity (Wildman–Crippen MR) is 43.4 cm³/mol. The highest BCUT2D eigenvalue weighted by atomic mass is 19.3. The number of halogens is 2. The third-order valence-electron chi connectivity index (χ3n) is 1.94. The third-order valence-corrected chi connectivity index (χ3v) is 1.94. The fourth-order valence-electron chi connectivity index (χ4n) is 0.876. The molecule has 1 aliphatic rings. The van der Waals surface area contributed by atoms with E-state index in [9.17, 15) is 8.78 Å². The molecule has 0 aromatic rings. The zero-order chi connectivity index (χ0) is 9.41. The van der Waals surface area contributed by atoms with Crippen molar-refractivity contribution in [2.45, 2.75) is 45.6 Å². The topological polar surface area (TPSA) is 9.23 Å². The molecule has 1 saturated carbocycles. The molecular weight excluding hydrogens is 162 g/mol. The smallest absolute Gasteiger partial charge is 0.276 e. The Kier molecular flexibility index (Phi) is 2.43. The molecule has 1 fully saturated rings. The van der Waals surface area contributed by atoms with Gasteiger partial charge in [-0.15, -0.1) is 0 Å². The highest BCUT2D eigenvalue weighted by Crippen LogP contribution is 2.44. The molecule has 0 aliphatic heterocycles. The van der Waals surface area contributed by atoms with E-state index in [0.29, 0.717) is 6.61 Å². The summed E-state index contributed by atoms with van der Waals surface area (Å²) in [5.41, 5.74) is 0.171. The summed E-state index contributed by atoms with van der Waals surface area (Å²) in [5, 5.41) is 0. The van der Waals surface area contributed by atoms with Crippen LogP contribution < -0.4 is 0 Å². The fraction of sp³-hybridized carbons (Fsp3) is 1.00. The second-order valence-corrected chi connectivity index (χ2v) is 4.64. The molecule has 0 radical (unpaired) electrons. The molecule has 72 valence electrons. The average molecular weight is 178 g/mol. The predicted octanol–water partition coefficient (Wildman–Crippen LogP) is 2.85. The summed E-state index contributed by atoms with van der Waals surface area (Å²) in [6.45, 7) is 6.66. The van der Waals surface area contributed by atoms with E-state index in [-0.39, 0.29) is 11.8 Å². The number of hydrogen-bond donors (Lipinski definition) is 0. The molecule has 1 nitrogen and oxygen atoms in total. The van der Waals surface area contributed by atoms with Crippen LogP contribution in [0.3, 0.4) is 0 Å². The first kappa shape index (κ1) is 9.90. The zero-order valence-electron chi connectivity index (χ0n) is 7.86. The summed E-state index contributed by atoms with van der Waals surface area (Å²) >= 11 is 0. The largest absolute Gasteiger partial charge is 0.372 e. The maximum atomic E-state index is 12.3. The van der Waals surface area contributed by atoms with Gasteiger partial charge in [0.25, 0.3) is 5.92 Å². The van der Waals surface area contributed by atoms with Gasteiger partial charge >= 0.3 is 0 Å². The lowest BCUT2D eigenvalue weighted by atomic mass is 9.93. The van der Waals surface area contributed by atoms with Gasteiger partial charge in [-0.1, -0.05) is 20.8 Å². The lowest BCUT2D eigenvalue weighted by molar-refractivity contribution is 0.00576. The first-order chi connectivity index (χ1) is 5.31. The summed E-state index contributed by atoms with van der Waals surface area (Å²) in [6.07, 6.45) is -0.0451. The van der Waals surface area contributed by atoms with E-state index < -0.39 is 12.0 Å². The zero-order valence-corrected chi connectivity index (χ0v) is 7.86. The van der Waals surface area contributed by atoms with Crippen LogP contribution in [-0.2, 0) is 4.74 Å². The van der Waals surface area contributed by atoms with Gasteiger partial charge in [-0.05, 0) is 11.8 Å². The summed E-state index contributed by atoms with van der Waals surface area (Å²) in [7, 11) is 0. The Morgan fingerprint density at radius 3 is 2.25 bits per heavy atom. The molecule has 0 spiro atoms. The highest BCUT2D eigenvalue weighted by Gasteiger charge is 2.58. The minimum atomic E-state index is -2.53. The Morgan fingerprint density at radius 2 is 1.92 bits per heavy atom. The normalized spacial score (nSPS) is 27.2. The maximum Gasteiger partial charge on any atom is 0.276 e. The Balaban J connectivity index is 2.05. The minimum absolute atomic E-state index is 0.0862. The van der Waals surface area contributed by atoms with Crippen LogP contribution in [0.15, 0.2) is 0 Å². The Morgan fingerprint density at radius 1 is 1.42 bits per heavy atom. The van der Waals surface area contributed by atoms with Gasteiger partial charge in [-0.3, -0.25) is 0 Å². The van der Waals surface area contributed by atoms with Crippen LogP contribution in [0, 0.1) is 5.41 Å². The van der Waals surface area contributed by atoms with E-state index in [1.54, 1.807) is 0 Å². The van der Waals surface area contributed by atoms with Crippen molar-refractivity contribution in [1.82, 2.24) is 0 Å². The molecule has 0 bridgehead atoms. The van der Waals surface area contributed by atoms with E-state index in [1.807, 2.05) is 0 Å². The van der Waals surface area contributed by atoms with Crippen molar-refractivity contribution >= 4 is 0 Å². The van der Waals surface area contributed by atoms with Crippen LogP contribution in [0.2, 0.25) is 0 Å². The average Bonchev–Trinajstić information content (AvgIpc) is 2.36. The molecule has 0 heterocycles. The second-order valence-electron chi connectivity index (χ2n) is 4.64. The van der Waals surface area contributed by atoms with Crippen molar-refractivity contribution in [2.24, 2.45) is 5.41 Å². The molecule has 1 atom stereocenters. The van der Waals surface area contributed by atoms with Gasteiger partial charge in [0.2, 0.25) is 0 Å². The van der Waals surface area contributed by atoms with Crippen LogP contribution in [0.1, 0.15) is 33.6 Å². The molecule has 0 N–H and O–H groups in total. The molecule has 0 aromatic carbocycles. The van der Waals surface area contributed by atoms with Gasteiger partial charge in [-0.2, -0.15) is 0 Å².